The fourth-order valence-electron chi connectivity index (χ4n) is 3.73. The highest BCUT2D eigenvalue weighted by atomic mass is 19.4. The summed E-state index contributed by atoms with van der Waals surface area (Å²) in [7, 11) is 0. The predicted molar refractivity (Wildman–Crippen MR) is 103 cm³/mol. The van der Waals surface area contributed by atoms with E-state index in [0.29, 0.717) is 37.3 Å². The zero-order valence-electron chi connectivity index (χ0n) is 17.0. The van der Waals surface area contributed by atoms with Crippen LogP contribution >= 0.6 is 0 Å². The molecule has 1 amide bonds. The molecule has 0 N–H and O–H groups in total. The minimum atomic E-state index is -4.57. The SMILES string of the molecule is CC(C)(C)c1cc2nc([C@H]3CCCN(C(=O)c4ccco4)C3)cc(C(F)(F)F)n2n1. The molecular formula is C21H23F3N4O2. The van der Waals surface area contributed by atoms with Crippen molar-refractivity contribution in [2.45, 2.75) is 51.1 Å². The molecule has 1 saturated heterocycles. The van der Waals surface area contributed by atoms with Crippen LogP contribution in [0.3, 0.4) is 0 Å². The van der Waals surface area contributed by atoms with Crippen molar-refractivity contribution in [3.8, 4) is 0 Å². The predicted octanol–water partition coefficient (Wildman–Crippen LogP) is 4.66. The van der Waals surface area contributed by atoms with Crippen LogP contribution in [0.1, 0.15) is 67.2 Å². The molecule has 4 rings (SSSR count). The number of hydrogen-bond donors (Lipinski definition) is 0. The Morgan fingerprint density at radius 2 is 2.00 bits per heavy atom. The molecule has 0 spiro atoms. The van der Waals surface area contributed by atoms with Gasteiger partial charge in [-0.15, -0.1) is 0 Å². The highest BCUT2D eigenvalue weighted by Gasteiger charge is 2.37. The van der Waals surface area contributed by atoms with Gasteiger partial charge in [0.25, 0.3) is 5.91 Å². The number of carbonyl (C=O) groups is 1. The summed E-state index contributed by atoms with van der Waals surface area (Å²) < 4.78 is 47.4. The molecule has 1 fully saturated rings. The third-order valence-electron chi connectivity index (χ3n) is 5.36. The molecule has 30 heavy (non-hydrogen) atoms. The summed E-state index contributed by atoms with van der Waals surface area (Å²) in [5, 5.41) is 4.17. The second-order valence-corrected chi connectivity index (χ2v) is 8.68. The van der Waals surface area contributed by atoms with Crippen molar-refractivity contribution in [2.75, 3.05) is 13.1 Å². The number of piperidine rings is 1. The number of furan rings is 1. The molecule has 6 nitrogen and oxygen atoms in total. The molecule has 0 aromatic carbocycles. The van der Waals surface area contributed by atoms with Gasteiger partial charge < -0.3 is 9.32 Å². The Balaban J connectivity index is 1.72. The number of carbonyl (C=O) groups excluding carboxylic acids is 1. The Hall–Kier alpha value is -2.84. The Labute approximate surface area is 171 Å². The van der Waals surface area contributed by atoms with Crippen LogP contribution in [0.5, 0.6) is 0 Å². The lowest BCUT2D eigenvalue weighted by atomic mass is 9.92. The number of likely N-dealkylation sites (tertiary alicyclic amines) is 1. The molecular weight excluding hydrogens is 397 g/mol. The summed E-state index contributed by atoms with van der Waals surface area (Å²) in [6.07, 6.45) is -1.82. The van der Waals surface area contributed by atoms with Gasteiger partial charge in [-0.3, -0.25) is 4.79 Å². The number of fused-ring (bicyclic) bond motifs is 1. The lowest BCUT2D eigenvalue weighted by Gasteiger charge is -2.32. The van der Waals surface area contributed by atoms with Crippen LogP contribution in [0.4, 0.5) is 13.2 Å². The normalized spacial score (nSPS) is 18.2. The van der Waals surface area contributed by atoms with Crippen LogP contribution in [0.15, 0.2) is 34.9 Å². The van der Waals surface area contributed by atoms with Crippen molar-refractivity contribution in [3.63, 3.8) is 0 Å². The summed E-state index contributed by atoms with van der Waals surface area (Å²) in [5.41, 5.74) is -0.233. The minimum Gasteiger partial charge on any atom is -0.459 e. The van der Waals surface area contributed by atoms with Gasteiger partial charge in [0.2, 0.25) is 0 Å². The number of hydrogen-bond acceptors (Lipinski definition) is 4. The summed E-state index contributed by atoms with van der Waals surface area (Å²) in [4.78, 5) is 18.7. The number of alkyl halides is 3. The maximum absolute atomic E-state index is 13.8. The van der Waals surface area contributed by atoms with Crippen LogP contribution in [-0.4, -0.2) is 38.5 Å². The molecule has 160 valence electrons. The number of aromatic nitrogens is 3. The quantitative estimate of drug-likeness (QED) is 0.605. The van der Waals surface area contributed by atoms with Gasteiger partial charge in [-0.2, -0.15) is 18.3 Å². The monoisotopic (exact) mass is 420 g/mol. The van der Waals surface area contributed by atoms with Crippen LogP contribution in [-0.2, 0) is 11.6 Å². The van der Waals surface area contributed by atoms with Crippen molar-refractivity contribution < 1.29 is 22.4 Å². The van der Waals surface area contributed by atoms with Gasteiger partial charge in [0.1, 0.15) is 5.69 Å². The van der Waals surface area contributed by atoms with E-state index in [2.05, 4.69) is 10.1 Å². The van der Waals surface area contributed by atoms with E-state index in [0.717, 1.165) is 10.6 Å². The van der Waals surface area contributed by atoms with E-state index in [4.69, 9.17) is 4.42 Å². The fraction of sp³-hybridized carbons (Fsp3) is 0.476. The summed E-state index contributed by atoms with van der Waals surface area (Å²) in [5.74, 6) is -0.335. The van der Waals surface area contributed by atoms with E-state index in [1.54, 1.807) is 23.1 Å². The number of amides is 1. The molecule has 3 aromatic rings. The number of rotatable bonds is 2. The molecule has 0 bridgehead atoms. The molecule has 0 unspecified atom stereocenters. The van der Waals surface area contributed by atoms with E-state index in [-0.39, 0.29) is 23.2 Å². The van der Waals surface area contributed by atoms with Gasteiger partial charge in [-0.25, -0.2) is 9.50 Å². The Kier molecular flexibility index (Phi) is 4.86. The van der Waals surface area contributed by atoms with Crippen molar-refractivity contribution in [1.82, 2.24) is 19.5 Å². The molecule has 0 saturated carbocycles. The van der Waals surface area contributed by atoms with E-state index in [9.17, 15) is 18.0 Å². The Morgan fingerprint density at radius 3 is 2.63 bits per heavy atom. The second-order valence-electron chi connectivity index (χ2n) is 8.68. The molecule has 9 heteroatoms. The van der Waals surface area contributed by atoms with Crippen LogP contribution in [0.2, 0.25) is 0 Å². The first-order valence-electron chi connectivity index (χ1n) is 9.85. The summed E-state index contributed by atoms with van der Waals surface area (Å²) in [6.45, 7) is 6.50. The van der Waals surface area contributed by atoms with Gasteiger partial charge >= 0.3 is 6.18 Å². The first-order valence-corrected chi connectivity index (χ1v) is 9.85. The molecule has 3 aromatic heterocycles. The third-order valence-corrected chi connectivity index (χ3v) is 5.36. The smallest absolute Gasteiger partial charge is 0.433 e. The molecule has 1 aliphatic rings. The van der Waals surface area contributed by atoms with E-state index < -0.39 is 17.3 Å². The second kappa shape index (κ2) is 7.14. The summed E-state index contributed by atoms with van der Waals surface area (Å²) >= 11 is 0. The van der Waals surface area contributed by atoms with Crippen molar-refractivity contribution >= 4 is 11.6 Å². The van der Waals surface area contributed by atoms with Gasteiger partial charge in [-0.1, -0.05) is 20.8 Å². The minimum absolute atomic E-state index is 0.166. The van der Waals surface area contributed by atoms with E-state index >= 15 is 0 Å². The first-order chi connectivity index (χ1) is 14.0. The van der Waals surface area contributed by atoms with Crippen LogP contribution < -0.4 is 0 Å². The Bertz CT molecular complexity index is 1060. The van der Waals surface area contributed by atoms with Crippen LogP contribution in [0, 0.1) is 0 Å². The standard InChI is InChI=1S/C21H23F3N4O2/c1-20(2,3)16-11-18-25-14(10-17(21(22,23)24)28(18)26-16)13-6-4-8-27(12-13)19(29)15-7-5-9-30-15/h5,7,9-11,13H,4,6,8,12H2,1-3H3/t13-/m0/s1. The van der Waals surface area contributed by atoms with Crippen molar-refractivity contribution in [1.29, 1.82) is 0 Å². The highest BCUT2D eigenvalue weighted by molar-refractivity contribution is 5.91. The number of halogens is 3. The van der Waals surface area contributed by atoms with Gasteiger partial charge in [0, 0.05) is 36.2 Å². The maximum atomic E-state index is 13.8. The first kappa shape index (κ1) is 20.4. The summed E-state index contributed by atoms with van der Waals surface area (Å²) in [6, 6.07) is 5.88. The van der Waals surface area contributed by atoms with Gasteiger partial charge in [0.15, 0.2) is 11.4 Å². The lowest BCUT2D eigenvalue weighted by molar-refractivity contribution is -0.142. The van der Waals surface area contributed by atoms with E-state index in [1.165, 1.54) is 6.26 Å². The molecule has 1 aliphatic heterocycles. The third kappa shape index (κ3) is 3.80. The largest absolute Gasteiger partial charge is 0.459 e. The maximum Gasteiger partial charge on any atom is 0.433 e. The zero-order valence-corrected chi connectivity index (χ0v) is 17.0. The molecule has 4 heterocycles. The molecule has 0 aliphatic carbocycles. The zero-order chi connectivity index (χ0) is 21.7. The number of nitrogens with zero attached hydrogens (tertiary/aromatic N) is 4. The lowest BCUT2D eigenvalue weighted by Crippen LogP contribution is -2.39. The van der Waals surface area contributed by atoms with Crippen molar-refractivity contribution in [3.05, 3.63) is 53.4 Å². The van der Waals surface area contributed by atoms with Gasteiger partial charge in [0.05, 0.1) is 12.0 Å². The topological polar surface area (TPSA) is 63.6 Å². The molecule has 1 atom stereocenters. The Morgan fingerprint density at radius 1 is 1.23 bits per heavy atom. The van der Waals surface area contributed by atoms with Crippen molar-refractivity contribution in [2.24, 2.45) is 0 Å². The highest BCUT2D eigenvalue weighted by Crippen LogP contribution is 2.34. The van der Waals surface area contributed by atoms with Gasteiger partial charge in [-0.05, 0) is 31.0 Å². The fourth-order valence-corrected chi connectivity index (χ4v) is 3.73. The molecule has 0 radical (unpaired) electrons. The average Bonchev–Trinajstić information content (AvgIpc) is 3.35. The van der Waals surface area contributed by atoms with E-state index in [1.807, 2.05) is 20.8 Å². The average molecular weight is 420 g/mol. The van der Waals surface area contributed by atoms with Crippen LogP contribution in [0.25, 0.3) is 5.65 Å².